The Bertz CT molecular complexity index is 450. The molecule has 0 saturated heterocycles. The highest BCUT2D eigenvalue weighted by molar-refractivity contribution is 6.30. The molecule has 1 fully saturated rings. The van der Waals surface area contributed by atoms with Gasteiger partial charge in [-0.05, 0) is 31.0 Å². The molecule has 1 aromatic carbocycles. The van der Waals surface area contributed by atoms with E-state index in [1.807, 2.05) is 12.1 Å². The number of nitrogens with zero attached hydrogens (tertiary/aromatic N) is 1. The van der Waals surface area contributed by atoms with Crippen molar-refractivity contribution in [1.82, 2.24) is 4.90 Å². The molecule has 0 spiro atoms. The highest BCUT2D eigenvalue weighted by Gasteiger charge is 2.47. The number of likely N-dealkylation sites (N-methyl/N-ethyl adjacent to an activating group) is 1. The van der Waals surface area contributed by atoms with Crippen LogP contribution >= 0.6 is 24.0 Å². The van der Waals surface area contributed by atoms with E-state index in [9.17, 15) is 4.79 Å². The first-order chi connectivity index (χ1) is 8.51. The SMILES string of the molecule is CN(CCOc1cccc(Cl)c1)C(=O)C1(N)CC1.Cl. The van der Waals surface area contributed by atoms with E-state index < -0.39 is 5.54 Å². The van der Waals surface area contributed by atoms with Crippen LogP contribution < -0.4 is 10.5 Å². The minimum absolute atomic E-state index is 0. The molecule has 1 saturated carbocycles. The first kappa shape index (κ1) is 16.1. The number of benzene rings is 1. The van der Waals surface area contributed by atoms with Crippen LogP contribution in [0.3, 0.4) is 0 Å². The summed E-state index contributed by atoms with van der Waals surface area (Å²) in [6, 6.07) is 7.19. The molecule has 6 heteroatoms. The van der Waals surface area contributed by atoms with Gasteiger partial charge in [0.2, 0.25) is 5.91 Å². The predicted octanol–water partition coefficient (Wildman–Crippen LogP) is 2.09. The third-order valence-electron chi connectivity index (χ3n) is 3.05. The quantitative estimate of drug-likeness (QED) is 0.906. The lowest BCUT2D eigenvalue weighted by Crippen LogP contribution is -2.45. The summed E-state index contributed by atoms with van der Waals surface area (Å²) in [4.78, 5) is 13.5. The number of halogens is 2. The van der Waals surface area contributed by atoms with Gasteiger partial charge in [-0.2, -0.15) is 0 Å². The molecule has 19 heavy (non-hydrogen) atoms. The Hall–Kier alpha value is -0.970. The normalized spacial score (nSPS) is 15.3. The summed E-state index contributed by atoms with van der Waals surface area (Å²) < 4.78 is 5.52. The van der Waals surface area contributed by atoms with Crippen LogP contribution in [0.1, 0.15) is 12.8 Å². The van der Waals surface area contributed by atoms with E-state index in [0.717, 1.165) is 12.8 Å². The molecular formula is C13H18Cl2N2O2. The van der Waals surface area contributed by atoms with Gasteiger partial charge in [0.05, 0.1) is 12.1 Å². The molecule has 0 bridgehead atoms. The molecule has 2 rings (SSSR count). The average molecular weight is 305 g/mol. The smallest absolute Gasteiger partial charge is 0.242 e. The number of amides is 1. The zero-order valence-electron chi connectivity index (χ0n) is 10.8. The maximum atomic E-state index is 11.8. The first-order valence-corrected chi connectivity index (χ1v) is 6.32. The van der Waals surface area contributed by atoms with E-state index in [1.165, 1.54) is 0 Å². The van der Waals surface area contributed by atoms with Crippen molar-refractivity contribution in [2.45, 2.75) is 18.4 Å². The van der Waals surface area contributed by atoms with Crippen LogP contribution in [0.25, 0.3) is 0 Å². The van der Waals surface area contributed by atoms with E-state index >= 15 is 0 Å². The third-order valence-corrected chi connectivity index (χ3v) is 3.29. The number of carbonyl (C=O) groups is 1. The Balaban J connectivity index is 0.00000180. The highest BCUT2D eigenvalue weighted by atomic mass is 35.5. The van der Waals surface area contributed by atoms with Gasteiger partial charge in [-0.1, -0.05) is 17.7 Å². The van der Waals surface area contributed by atoms with E-state index in [4.69, 9.17) is 22.1 Å². The largest absolute Gasteiger partial charge is 0.492 e. The van der Waals surface area contributed by atoms with Crippen LogP contribution in [0.4, 0.5) is 0 Å². The molecule has 0 aliphatic heterocycles. The maximum absolute atomic E-state index is 11.8. The van der Waals surface area contributed by atoms with Gasteiger partial charge in [0, 0.05) is 12.1 Å². The van der Waals surface area contributed by atoms with Gasteiger partial charge in [-0.25, -0.2) is 0 Å². The Morgan fingerprint density at radius 3 is 2.79 bits per heavy atom. The van der Waals surface area contributed by atoms with E-state index in [-0.39, 0.29) is 18.3 Å². The van der Waals surface area contributed by atoms with E-state index in [0.29, 0.717) is 23.9 Å². The van der Waals surface area contributed by atoms with Gasteiger partial charge in [0.15, 0.2) is 0 Å². The molecule has 0 atom stereocenters. The fraction of sp³-hybridized carbons (Fsp3) is 0.462. The number of hydrogen-bond acceptors (Lipinski definition) is 3. The number of rotatable bonds is 5. The maximum Gasteiger partial charge on any atom is 0.242 e. The van der Waals surface area contributed by atoms with Gasteiger partial charge in [-0.15, -0.1) is 12.4 Å². The van der Waals surface area contributed by atoms with Crippen molar-refractivity contribution in [2.75, 3.05) is 20.2 Å². The predicted molar refractivity (Wildman–Crippen MR) is 78.0 cm³/mol. The van der Waals surface area contributed by atoms with Crippen molar-refractivity contribution < 1.29 is 9.53 Å². The van der Waals surface area contributed by atoms with E-state index in [2.05, 4.69) is 0 Å². The Morgan fingerprint density at radius 1 is 1.53 bits per heavy atom. The molecule has 1 aromatic rings. The number of carbonyl (C=O) groups excluding carboxylic acids is 1. The van der Waals surface area contributed by atoms with Crippen LogP contribution in [-0.4, -0.2) is 36.5 Å². The zero-order valence-corrected chi connectivity index (χ0v) is 12.3. The molecule has 0 unspecified atom stereocenters. The zero-order chi connectivity index (χ0) is 13.2. The van der Waals surface area contributed by atoms with Gasteiger partial charge < -0.3 is 15.4 Å². The Kier molecular flexibility index (Phi) is 5.47. The average Bonchev–Trinajstić information content (AvgIpc) is 3.07. The van der Waals surface area contributed by atoms with Crippen LogP contribution in [-0.2, 0) is 4.79 Å². The lowest BCUT2D eigenvalue weighted by Gasteiger charge is -2.20. The highest BCUT2D eigenvalue weighted by Crippen LogP contribution is 2.33. The molecule has 1 aliphatic rings. The minimum Gasteiger partial charge on any atom is -0.492 e. The summed E-state index contributed by atoms with van der Waals surface area (Å²) in [7, 11) is 1.75. The second-order valence-corrected chi connectivity index (χ2v) is 5.13. The van der Waals surface area contributed by atoms with Crippen LogP contribution in [0, 0.1) is 0 Å². The molecule has 2 N–H and O–H groups in total. The molecule has 0 radical (unpaired) electrons. The number of ether oxygens (including phenoxy) is 1. The summed E-state index contributed by atoms with van der Waals surface area (Å²) in [6.07, 6.45) is 1.57. The van der Waals surface area contributed by atoms with E-state index in [1.54, 1.807) is 24.1 Å². The van der Waals surface area contributed by atoms with Crippen LogP contribution in [0.5, 0.6) is 5.75 Å². The number of nitrogens with two attached hydrogens (primary N) is 1. The Labute approximate surface area is 124 Å². The topological polar surface area (TPSA) is 55.6 Å². The second kappa shape index (κ2) is 6.46. The summed E-state index contributed by atoms with van der Waals surface area (Å²) >= 11 is 5.84. The summed E-state index contributed by atoms with van der Waals surface area (Å²) in [5.41, 5.74) is 5.24. The van der Waals surface area contributed by atoms with Crippen molar-refractivity contribution in [2.24, 2.45) is 5.73 Å². The summed E-state index contributed by atoms with van der Waals surface area (Å²) in [5, 5.41) is 0.635. The van der Waals surface area contributed by atoms with Crippen molar-refractivity contribution in [3.05, 3.63) is 29.3 Å². The standard InChI is InChI=1S/C13H17ClN2O2.ClH/c1-16(12(17)13(15)5-6-13)7-8-18-11-4-2-3-10(14)9-11;/h2-4,9H,5-8,15H2,1H3;1H. The molecule has 106 valence electrons. The molecule has 0 heterocycles. The van der Waals surface area contributed by atoms with Crippen molar-refractivity contribution in [3.8, 4) is 5.75 Å². The van der Waals surface area contributed by atoms with Crippen molar-refractivity contribution in [3.63, 3.8) is 0 Å². The van der Waals surface area contributed by atoms with Crippen LogP contribution in [0.2, 0.25) is 5.02 Å². The number of hydrogen-bond donors (Lipinski definition) is 1. The second-order valence-electron chi connectivity index (χ2n) is 4.69. The minimum atomic E-state index is -0.606. The fourth-order valence-electron chi connectivity index (χ4n) is 1.69. The lowest BCUT2D eigenvalue weighted by molar-refractivity contribution is -0.132. The van der Waals surface area contributed by atoms with Gasteiger partial charge in [0.1, 0.15) is 12.4 Å². The fourth-order valence-corrected chi connectivity index (χ4v) is 1.87. The molecule has 1 aliphatic carbocycles. The van der Waals surface area contributed by atoms with Crippen molar-refractivity contribution >= 4 is 29.9 Å². The third kappa shape index (κ3) is 4.27. The van der Waals surface area contributed by atoms with Crippen molar-refractivity contribution in [1.29, 1.82) is 0 Å². The van der Waals surface area contributed by atoms with Gasteiger partial charge in [-0.3, -0.25) is 4.79 Å². The molecule has 1 amide bonds. The molecular weight excluding hydrogens is 287 g/mol. The summed E-state index contributed by atoms with van der Waals surface area (Å²) in [6.45, 7) is 0.947. The van der Waals surface area contributed by atoms with Gasteiger partial charge in [0.25, 0.3) is 0 Å². The molecule has 0 aromatic heterocycles. The first-order valence-electron chi connectivity index (χ1n) is 5.94. The summed E-state index contributed by atoms with van der Waals surface area (Å²) in [5.74, 6) is 0.703. The van der Waals surface area contributed by atoms with Crippen LogP contribution in [0.15, 0.2) is 24.3 Å². The Morgan fingerprint density at radius 2 is 2.21 bits per heavy atom. The lowest BCUT2D eigenvalue weighted by atomic mass is 10.2. The monoisotopic (exact) mass is 304 g/mol. The van der Waals surface area contributed by atoms with Gasteiger partial charge >= 0.3 is 0 Å². The molecule has 4 nitrogen and oxygen atoms in total.